The Kier molecular flexibility index (Phi) is 3.89. The van der Waals surface area contributed by atoms with Crippen molar-refractivity contribution < 1.29 is 0 Å². The van der Waals surface area contributed by atoms with E-state index in [9.17, 15) is 0 Å². The van der Waals surface area contributed by atoms with Gasteiger partial charge in [-0.2, -0.15) is 0 Å². The van der Waals surface area contributed by atoms with E-state index < -0.39 is 0 Å². The highest BCUT2D eigenvalue weighted by molar-refractivity contribution is 7.71. The number of aromatic amines is 1. The Hall–Kier alpha value is -0.800. The van der Waals surface area contributed by atoms with Gasteiger partial charge in [-0.3, -0.25) is 0 Å². The third-order valence-corrected chi connectivity index (χ3v) is 3.75. The number of fused-ring (bicyclic) bond motifs is 1. The average Bonchev–Trinajstić information content (AvgIpc) is 2.64. The summed E-state index contributed by atoms with van der Waals surface area (Å²) in [5.41, 5.74) is 2.07. The summed E-state index contributed by atoms with van der Waals surface area (Å²) >= 11 is 11.7. The van der Waals surface area contributed by atoms with E-state index >= 15 is 0 Å². The lowest BCUT2D eigenvalue weighted by molar-refractivity contribution is 0.454. The summed E-state index contributed by atoms with van der Waals surface area (Å²) in [5, 5.41) is 0.768. The van der Waals surface area contributed by atoms with Crippen molar-refractivity contribution >= 4 is 34.9 Å². The van der Waals surface area contributed by atoms with Gasteiger partial charge < -0.3 is 9.55 Å². The number of rotatable bonds is 4. The van der Waals surface area contributed by atoms with Gasteiger partial charge in [0.15, 0.2) is 4.77 Å². The number of nitrogens with zero attached hydrogens (tertiary/aromatic N) is 1. The van der Waals surface area contributed by atoms with Gasteiger partial charge in [0.05, 0.1) is 16.1 Å². The molecular formula is C13H17ClN2S. The van der Waals surface area contributed by atoms with E-state index in [1.807, 2.05) is 18.2 Å². The van der Waals surface area contributed by atoms with Crippen LogP contribution in [0.25, 0.3) is 11.0 Å². The first kappa shape index (κ1) is 12.7. The van der Waals surface area contributed by atoms with Crippen LogP contribution in [0.5, 0.6) is 0 Å². The van der Waals surface area contributed by atoms with Crippen LogP contribution in [0.1, 0.15) is 39.2 Å². The Morgan fingerprint density at radius 2 is 2.18 bits per heavy atom. The van der Waals surface area contributed by atoms with E-state index in [1.165, 1.54) is 0 Å². The SMILES string of the molecule is CCCC(CC)n1c(=S)[nH]c2cccc(Cl)c21. The third-order valence-electron chi connectivity index (χ3n) is 3.15. The first-order valence-corrected chi connectivity index (χ1v) is 6.86. The molecule has 1 aromatic carbocycles. The van der Waals surface area contributed by atoms with Crippen LogP contribution in [0.15, 0.2) is 18.2 Å². The molecule has 2 aromatic rings. The molecule has 4 heteroatoms. The van der Waals surface area contributed by atoms with Gasteiger partial charge in [0.25, 0.3) is 0 Å². The minimum absolute atomic E-state index is 0.432. The van der Waals surface area contributed by atoms with Crippen molar-refractivity contribution in [1.29, 1.82) is 0 Å². The Bertz CT molecular complexity index is 570. The second-order valence-corrected chi connectivity index (χ2v) is 5.08. The largest absolute Gasteiger partial charge is 0.331 e. The zero-order valence-electron chi connectivity index (χ0n) is 10.2. The fraction of sp³-hybridized carbons (Fsp3) is 0.462. The molecule has 0 fully saturated rings. The van der Waals surface area contributed by atoms with Gasteiger partial charge in [0, 0.05) is 6.04 Å². The Morgan fingerprint density at radius 3 is 2.82 bits per heavy atom. The van der Waals surface area contributed by atoms with Crippen molar-refractivity contribution in [3.05, 3.63) is 28.0 Å². The number of aromatic nitrogens is 2. The first-order chi connectivity index (χ1) is 8.19. The molecule has 2 rings (SSSR count). The summed E-state index contributed by atoms with van der Waals surface area (Å²) in [6.45, 7) is 4.39. The number of halogens is 1. The van der Waals surface area contributed by atoms with Crippen LogP contribution in [-0.2, 0) is 0 Å². The van der Waals surface area contributed by atoms with Crippen LogP contribution in [0.3, 0.4) is 0 Å². The van der Waals surface area contributed by atoms with Gasteiger partial charge in [0.1, 0.15) is 0 Å². The number of imidazole rings is 1. The van der Waals surface area contributed by atoms with E-state index in [2.05, 4.69) is 23.4 Å². The lowest BCUT2D eigenvalue weighted by Gasteiger charge is -2.17. The maximum Gasteiger partial charge on any atom is 0.178 e. The van der Waals surface area contributed by atoms with Crippen LogP contribution in [-0.4, -0.2) is 9.55 Å². The molecule has 1 heterocycles. The van der Waals surface area contributed by atoms with Crippen LogP contribution < -0.4 is 0 Å². The minimum atomic E-state index is 0.432. The number of nitrogens with one attached hydrogen (secondary N) is 1. The molecule has 1 aromatic heterocycles. The highest BCUT2D eigenvalue weighted by atomic mass is 35.5. The Labute approximate surface area is 112 Å². The smallest absolute Gasteiger partial charge is 0.178 e. The molecule has 1 unspecified atom stereocenters. The standard InChI is InChI=1S/C13H17ClN2S/c1-3-6-9(4-2)16-12-10(14)7-5-8-11(12)15-13(16)17/h5,7-9H,3-4,6H2,1-2H3,(H,15,17). The predicted molar refractivity (Wildman–Crippen MR) is 76.4 cm³/mol. The molecule has 0 aliphatic carbocycles. The molecule has 1 atom stereocenters. The van der Waals surface area contributed by atoms with E-state index in [0.29, 0.717) is 6.04 Å². The van der Waals surface area contributed by atoms with E-state index in [-0.39, 0.29) is 0 Å². The van der Waals surface area contributed by atoms with Crippen LogP contribution in [0.2, 0.25) is 5.02 Å². The van der Waals surface area contributed by atoms with E-state index in [0.717, 1.165) is 40.1 Å². The molecule has 0 amide bonds. The number of H-pyrrole nitrogens is 1. The summed E-state index contributed by atoms with van der Waals surface area (Å²) in [6, 6.07) is 6.32. The van der Waals surface area contributed by atoms with Gasteiger partial charge in [-0.1, -0.05) is 37.9 Å². The number of benzene rings is 1. The van der Waals surface area contributed by atoms with Crippen molar-refractivity contribution in [2.45, 2.75) is 39.2 Å². The molecule has 0 bridgehead atoms. The highest BCUT2D eigenvalue weighted by Gasteiger charge is 2.14. The molecule has 0 aliphatic rings. The van der Waals surface area contributed by atoms with Crippen LogP contribution >= 0.6 is 23.8 Å². The highest BCUT2D eigenvalue weighted by Crippen LogP contribution is 2.29. The van der Waals surface area contributed by atoms with Gasteiger partial charge in [-0.25, -0.2) is 0 Å². The van der Waals surface area contributed by atoms with Crippen molar-refractivity contribution in [2.75, 3.05) is 0 Å². The molecule has 0 aliphatic heterocycles. The molecule has 1 N–H and O–H groups in total. The molecule has 0 spiro atoms. The summed E-state index contributed by atoms with van der Waals surface area (Å²) in [4.78, 5) is 3.23. The second kappa shape index (κ2) is 5.23. The van der Waals surface area contributed by atoms with Gasteiger partial charge >= 0.3 is 0 Å². The topological polar surface area (TPSA) is 20.7 Å². The zero-order valence-corrected chi connectivity index (χ0v) is 11.7. The summed E-state index contributed by atoms with van der Waals surface area (Å²) < 4.78 is 2.95. The summed E-state index contributed by atoms with van der Waals surface area (Å²) in [6.07, 6.45) is 3.35. The Morgan fingerprint density at radius 1 is 1.41 bits per heavy atom. The lowest BCUT2D eigenvalue weighted by Crippen LogP contribution is -2.08. The zero-order chi connectivity index (χ0) is 12.4. The lowest BCUT2D eigenvalue weighted by atomic mass is 10.1. The maximum atomic E-state index is 6.29. The van der Waals surface area contributed by atoms with Crippen molar-refractivity contribution in [1.82, 2.24) is 9.55 Å². The molecule has 0 radical (unpaired) electrons. The van der Waals surface area contributed by atoms with E-state index in [4.69, 9.17) is 23.8 Å². The molecular weight excluding hydrogens is 252 g/mol. The molecule has 0 saturated heterocycles. The summed E-state index contributed by atoms with van der Waals surface area (Å²) in [7, 11) is 0. The molecule has 17 heavy (non-hydrogen) atoms. The molecule has 92 valence electrons. The molecule has 2 nitrogen and oxygen atoms in total. The Balaban J connectivity index is 2.67. The number of hydrogen-bond donors (Lipinski definition) is 1. The monoisotopic (exact) mass is 268 g/mol. The number of para-hydroxylation sites is 1. The maximum absolute atomic E-state index is 6.29. The average molecular weight is 269 g/mol. The van der Waals surface area contributed by atoms with Crippen LogP contribution in [0, 0.1) is 4.77 Å². The minimum Gasteiger partial charge on any atom is -0.331 e. The normalized spacial score (nSPS) is 13.1. The predicted octanol–water partition coefficient (Wildman–Crippen LogP) is 5.10. The van der Waals surface area contributed by atoms with Crippen molar-refractivity contribution in [3.8, 4) is 0 Å². The quantitative estimate of drug-likeness (QED) is 0.765. The molecule has 0 saturated carbocycles. The summed E-state index contributed by atoms with van der Waals surface area (Å²) in [5.74, 6) is 0. The fourth-order valence-corrected chi connectivity index (χ4v) is 2.95. The van der Waals surface area contributed by atoms with Gasteiger partial charge in [0.2, 0.25) is 0 Å². The number of hydrogen-bond acceptors (Lipinski definition) is 1. The van der Waals surface area contributed by atoms with Crippen molar-refractivity contribution in [3.63, 3.8) is 0 Å². The second-order valence-electron chi connectivity index (χ2n) is 4.29. The van der Waals surface area contributed by atoms with Crippen LogP contribution in [0.4, 0.5) is 0 Å². The van der Waals surface area contributed by atoms with Crippen molar-refractivity contribution in [2.24, 2.45) is 0 Å². The third kappa shape index (κ3) is 2.26. The fourth-order valence-electron chi connectivity index (χ4n) is 2.34. The van der Waals surface area contributed by atoms with Gasteiger partial charge in [-0.15, -0.1) is 0 Å². The first-order valence-electron chi connectivity index (χ1n) is 6.07. The van der Waals surface area contributed by atoms with E-state index in [1.54, 1.807) is 0 Å². The van der Waals surface area contributed by atoms with Gasteiger partial charge in [-0.05, 0) is 37.2 Å².